The van der Waals surface area contributed by atoms with Gasteiger partial charge < -0.3 is 10.5 Å². The molecular weight excluding hydrogens is 282 g/mol. The highest BCUT2D eigenvalue weighted by molar-refractivity contribution is 5.49. The molecule has 0 saturated heterocycles. The number of benzene rings is 2. The summed E-state index contributed by atoms with van der Waals surface area (Å²) in [5.41, 5.74) is 5.57. The van der Waals surface area contributed by atoms with Crippen LogP contribution in [-0.2, 0) is 0 Å². The predicted molar refractivity (Wildman–Crippen MR) is 72.1 cm³/mol. The summed E-state index contributed by atoms with van der Waals surface area (Å²) in [6.07, 6.45) is 0. The Morgan fingerprint density at radius 3 is 2.52 bits per heavy atom. The Bertz CT molecular complexity index is 690. The van der Waals surface area contributed by atoms with Gasteiger partial charge >= 0.3 is 5.69 Å². The van der Waals surface area contributed by atoms with Crippen LogP contribution in [0.5, 0.6) is 11.5 Å². The van der Waals surface area contributed by atoms with Gasteiger partial charge in [0, 0.05) is 12.1 Å². The van der Waals surface area contributed by atoms with Gasteiger partial charge in [-0.15, -0.1) is 0 Å². The molecule has 0 bridgehead atoms. The lowest BCUT2D eigenvalue weighted by molar-refractivity contribution is -0.385. The van der Waals surface area contributed by atoms with Crippen LogP contribution in [-0.4, -0.2) is 4.92 Å². The molecule has 0 unspecified atom stereocenters. The summed E-state index contributed by atoms with van der Waals surface area (Å²) in [5.74, 6) is -2.66. The molecule has 0 fully saturated rings. The topological polar surface area (TPSA) is 78.4 Å². The first-order chi connectivity index (χ1) is 9.90. The Morgan fingerprint density at radius 1 is 1.24 bits per heavy atom. The highest BCUT2D eigenvalue weighted by Crippen LogP contribution is 2.35. The van der Waals surface area contributed by atoms with Gasteiger partial charge in [0.1, 0.15) is 0 Å². The molecule has 0 amide bonds. The number of hydrogen-bond acceptors (Lipinski definition) is 4. The van der Waals surface area contributed by atoms with Crippen LogP contribution in [0.3, 0.4) is 0 Å². The molecule has 2 aromatic rings. The zero-order chi connectivity index (χ0) is 15.6. The lowest BCUT2D eigenvalue weighted by Gasteiger charge is -2.10. The summed E-state index contributed by atoms with van der Waals surface area (Å²) < 4.78 is 32.6. The number of halogens is 2. The van der Waals surface area contributed by atoms with Crippen molar-refractivity contribution in [3.05, 3.63) is 63.7 Å². The van der Waals surface area contributed by atoms with Gasteiger partial charge in [-0.25, -0.2) is 8.78 Å². The highest BCUT2D eigenvalue weighted by Gasteiger charge is 2.21. The largest absolute Gasteiger partial charge is 0.444 e. The summed E-state index contributed by atoms with van der Waals surface area (Å²) in [4.78, 5) is 10.0. The maximum absolute atomic E-state index is 13.9. The Kier molecular flexibility index (Phi) is 4.13. The molecule has 1 atom stereocenters. The molecule has 21 heavy (non-hydrogen) atoms. The van der Waals surface area contributed by atoms with Gasteiger partial charge in [-0.3, -0.25) is 10.1 Å². The van der Waals surface area contributed by atoms with Crippen molar-refractivity contribution in [1.82, 2.24) is 0 Å². The lowest BCUT2D eigenvalue weighted by atomic mass is 10.1. The molecule has 5 nitrogen and oxygen atoms in total. The van der Waals surface area contributed by atoms with Crippen molar-refractivity contribution in [2.75, 3.05) is 0 Å². The summed E-state index contributed by atoms with van der Waals surface area (Å²) in [5, 5.41) is 10.8. The van der Waals surface area contributed by atoms with Crippen molar-refractivity contribution in [3.8, 4) is 11.5 Å². The maximum Gasteiger partial charge on any atom is 0.314 e. The van der Waals surface area contributed by atoms with Gasteiger partial charge in [0.2, 0.25) is 5.75 Å². The number of nitro groups is 1. The van der Waals surface area contributed by atoms with E-state index in [4.69, 9.17) is 10.5 Å². The average Bonchev–Trinajstić information content (AvgIpc) is 2.42. The van der Waals surface area contributed by atoms with Crippen molar-refractivity contribution in [3.63, 3.8) is 0 Å². The second kappa shape index (κ2) is 5.84. The van der Waals surface area contributed by atoms with Crippen molar-refractivity contribution in [1.29, 1.82) is 0 Å². The van der Waals surface area contributed by atoms with Crippen LogP contribution in [0.1, 0.15) is 18.5 Å². The van der Waals surface area contributed by atoms with E-state index < -0.39 is 28.0 Å². The fraction of sp³-hybridized carbons (Fsp3) is 0.143. The first kappa shape index (κ1) is 14.9. The number of nitrogens with two attached hydrogens (primary N) is 1. The second-order valence-corrected chi connectivity index (χ2v) is 4.43. The number of para-hydroxylation sites is 1. The fourth-order valence-corrected chi connectivity index (χ4v) is 1.74. The maximum atomic E-state index is 13.9. The van der Waals surface area contributed by atoms with Gasteiger partial charge in [-0.1, -0.05) is 12.1 Å². The van der Waals surface area contributed by atoms with Crippen molar-refractivity contribution < 1.29 is 18.4 Å². The van der Waals surface area contributed by atoms with Gasteiger partial charge in [0.05, 0.1) is 4.92 Å². The minimum atomic E-state index is -0.945. The Labute approximate surface area is 119 Å². The fourth-order valence-electron chi connectivity index (χ4n) is 1.74. The monoisotopic (exact) mass is 294 g/mol. The van der Waals surface area contributed by atoms with E-state index in [0.717, 1.165) is 18.2 Å². The first-order valence-electron chi connectivity index (χ1n) is 6.06. The molecule has 110 valence electrons. The van der Waals surface area contributed by atoms with Crippen LogP contribution in [0.25, 0.3) is 0 Å². The number of hydrogen-bond donors (Lipinski definition) is 1. The Balaban J connectivity index is 2.41. The standard InChI is InChI=1S/C14H12F2N2O3/c1-8(17)9-5-6-13(11(16)7-9)21-14-10(15)3-2-4-12(14)18(19)20/h2-8H,17H2,1H3/t8-/m1/s1. The van der Waals surface area contributed by atoms with Gasteiger partial charge in [-0.05, 0) is 30.7 Å². The molecule has 0 aliphatic rings. The Hall–Kier alpha value is -2.54. The van der Waals surface area contributed by atoms with E-state index in [-0.39, 0.29) is 11.8 Å². The number of nitrogens with zero attached hydrogens (tertiary/aromatic N) is 1. The molecule has 0 spiro atoms. The molecule has 2 N–H and O–H groups in total. The SMILES string of the molecule is C[C@@H](N)c1ccc(Oc2c(F)cccc2[N+](=O)[O-])c(F)c1. The molecule has 0 radical (unpaired) electrons. The quantitative estimate of drug-likeness (QED) is 0.689. The number of nitro benzene ring substituents is 1. The Morgan fingerprint density at radius 2 is 1.95 bits per heavy atom. The van der Waals surface area contributed by atoms with E-state index in [9.17, 15) is 18.9 Å². The van der Waals surface area contributed by atoms with E-state index >= 15 is 0 Å². The molecule has 0 aromatic heterocycles. The van der Waals surface area contributed by atoms with Crippen molar-refractivity contribution >= 4 is 5.69 Å². The third kappa shape index (κ3) is 3.14. The second-order valence-electron chi connectivity index (χ2n) is 4.43. The summed E-state index contributed by atoms with van der Waals surface area (Å²) in [6, 6.07) is 6.78. The van der Waals surface area contributed by atoms with Gasteiger partial charge in [-0.2, -0.15) is 0 Å². The van der Waals surface area contributed by atoms with E-state index in [1.54, 1.807) is 6.92 Å². The minimum Gasteiger partial charge on any atom is -0.444 e. The minimum absolute atomic E-state index is 0.312. The van der Waals surface area contributed by atoms with Crippen LogP contribution in [0.2, 0.25) is 0 Å². The van der Waals surface area contributed by atoms with Crippen LogP contribution in [0.4, 0.5) is 14.5 Å². The zero-order valence-corrected chi connectivity index (χ0v) is 11.0. The van der Waals surface area contributed by atoms with E-state index in [2.05, 4.69) is 0 Å². The van der Waals surface area contributed by atoms with E-state index in [0.29, 0.717) is 5.56 Å². The predicted octanol–water partition coefficient (Wildman–Crippen LogP) is 3.69. The van der Waals surface area contributed by atoms with Crippen LogP contribution >= 0.6 is 0 Å². The number of rotatable bonds is 4. The summed E-state index contributed by atoms with van der Waals surface area (Å²) in [7, 11) is 0. The lowest BCUT2D eigenvalue weighted by Crippen LogP contribution is -2.05. The highest BCUT2D eigenvalue weighted by atomic mass is 19.1. The van der Waals surface area contributed by atoms with Gasteiger partial charge in [0.25, 0.3) is 0 Å². The molecule has 7 heteroatoms. The smallest absolute Gasteiger partial charge is 0.314 e. The summed E-state index contributed by atoms with van der Waals surface area (Å²) in [6.45, 7) is 1.68. The number of ether oxygens (including phenoxy) is 1. The van der Waals surface area contributed by atoms with Gasteiger partial charge in [0.15, 0.2) is 17.4 Å². The molecule has 0 heterocycles. The van der Waals surface area contributed by atoms with E-state index in [1.807, 2.05) is 0 Å². The molecule has 2 aromatic carbocycles. The third-order valence-electron chi connectivity index (χ3n) is 2.84. The third-order valence-corrected chi connectivity index (χ3v) is 2.84. The van der Waals surface area contributed by atoms with Crippen molar-refractivity contribution in [2.24, 2.45) is 5.73 Å². The van der Waals surface area contributed by atoms with Crippen LogP contribution in [0, 0.1) is 21.7 Å². The normalized spacial score (nSPS) is 12.0. The molecule has 0 aliphatic heterocycles. The molecular formula is C14H12F2N2O3. The zero-order valence-electron chi connectivity index (χ0n) is 11.0. The molecule has 2 rings (SSSR count). The average molecular weight is 294 g/mol. The molecule has 0 aliphatic carbocycles. The molecule has 0 saturated carbocycles. The first-order valence-corrected chi connectivity index (χ1v) is 6.06. The van der Waals surface area contributed by atoms with Crippen LogP contribution < -0.4 is 10.5 Å². The summed E-state index contributed by atoms with van der Waals surface area (Å²) >= 11 is 0. The van der Waals surface area contributed by atoms with E-state index in [1.165, 1.54) is 18.2 Å². The van der Waals surface area contributed by atoms with Crippen molar-refractivity contribution in [2.45, 2.75) is 13.0 Å². The van der Waals surface area contributed by atoms with Crippen LogP contribution in [0.15, 0.2) is 36.4 Å².